The van der Waals surface area contributed by atoms with Crippen LogP contribution in [0.4, 0.5) is 5.13 Å². The predicted octanol–water partition coefficient (Wildman–Crippen LogP) is 4.07. The van der Waals surface area contributed by atoms with Gasteiger partial charge in [0.05, 0.1) is 22.5 Å². The molecule has 0 radical (unpaired) electrons. The van der Waals surface area contributed by atoms with Crippen molar-refractivity contribution in [2.45, 2.75) is 6.54 Å². The van der Waals surface area contributed by atoms with E-state index in [4.69, 9.17) is 0 Å². The van der Waals surface area contributed by atoms with Crippen LogP contribution in [0.3, 0.4) is 0 Å². The maximum absolute atomic E-state index is 4.53. The number of anilines is 1. The first-order valence-electron chi connectivity index (χ1n) is 5.51. The number of pyridine rings is 1. The van der Waals surface area contributed by atoms with Crippen LogP contribution in [0, 0.1) is 0 Å². The number of hydrogen-bond acceptors (Lipinski definition) is 4. The first-order chi connectivity index (χ1) is 8.81. The highest BCUT2D eigenvalue weighted by Gasteiger charge is 2.03. The molecular formula is C13H10BrN3S. The first-order valence-corrected chi connectivity index (χ1v) is 7.12. The van der Waals surface area contributed by atoms with Crippen molar-refractivity contribution in [1.82, 2.24) is 9.97 Å². The van der Waals surface area contributed by atoms with Crippen LogP contribution < -0.4 is 5.32 Å². The van der Waals surface area contributed by atoms with E-state index < -0.39 is 0 Å². The maximum atomic E-state index is 4.53. The minimum absolute atomic E-state index is 0.696. The fraction of sp³-hybridized carbons (Fsp3) is 0.0769. The van der Waals surface area contributed by atoms with E-state index in [1.165, 1.54) is 4.70 Å². The molecule has 2 heterocycles. The molecule has 0 amide bonds. The monoisotopic (exact) mass is 319 g/mol. The van der Waals surface area contributed by atoms with Crippen molar-refractivity contribution in [1.29, 1.82) is 0 Å². The fourth-order valence-electron chi connectivity index (χ4n) is 1.64. The number of nitrogens with one attached hydrogen (secondary N) is 1. The molecule has 0 saturated carbocycles. The average molecular weight is 320 g/mol. The highest BCUT2D eigenvalue weighted by Crippen LogP contribution is 2.28. The molecule has 0 bridgehead atoms. The number of benzene rings is 1. The third kappa shape index (κ3) is 2.52. The second kappa shape index (κ2) is 5.04. The summed E-state index contributed by atoms with van der Waals surface area (Å²) < 4.78 is 2.25. The molecule has 3 nitrogen and oxygen atoms in total. The Balaban J connectivity index is 1.79. The molecule has 0 aliphatic rings. The third-order valence-electron chi connectivity index (χ3n) is 2.50. The molecule has 0 fully saturated rings. The number of fused-ring (bicyclic) bond motifs is 1. The largest absolute Gasteiger partial charge is 0.356 e. The Morgan fingerprint density at radius 2 is 2.17 bits per heavy atom. The summed E-state index contributed by atoms with van der Waals surface area (Å²) in [6.45, 7) is 0.696. The Bertz CT molecular complexity index is 666. The molecule has 0 saturated heterocycles. The van der Waals surface area contributed by atoms with Crippen LogP contribution >= 0.6 is 27.3 Å². The van der Waals surface area contributed by atoms with Gasteiger partial charge in [-0.2, -0.15) is 0 Å². The summed E-state index contributed by atoms with van der Waals surface area (Å²) in [6.07, 6.45) is 1.80. The van der Waals surface area contributed by atoms with Crippen molar-refractivity contribution < 1.29 is 0 Å². The molecule has 0 unspecified atom stereocenters. The fourth-order valence-corrected chi connectivity index (χ4v) is 3.06. The molecule has 0 aliphatic carbocycles. The highest BCUT2D eigenvalue weighted by atomic mass is 79.9. The van der Waals surface area contributed by atoms with Crippen molar-refractivity contribution in [2.75, 3.05) is 5.32 Å². The van der Waals surface area contributed by atoms with E-state index in [0.29, 0.717) is 6.54 Å². The zero-order chi connectivity index (χ0) is 12.4. The highest BCUT2D eigenvalue weighted by molar-refractivity contribution is 9.10. The Morgan fingerprint density at radius 3 is 3.00 bits per heavy atom. The Labute approximate surface area is 117 Å². The molecule has 0 aliphatic heterocycles. The normalized spacial score (nSPS) is 10.7. The quantitative estimate of drug-likeness (QED) is 0.790. The molecule has 5 heteroatoms. The van der Waals surface area contributed by atoms with Crippen LogP contribution in [-0.4, -0.2) is 9.97 Å². The SMILES string of the molecule is Brc1ccc2nc(NCc3ccccn3)sc2c1. The van der Waals surface area contributed by atoms with E-state index in [-0.39, 0.29) is 0 Å². The van der Waals surface area contributed by atoms with E-state index in [2.05, 4.69) is 37.3 Å². The number of rotatable bonds is 3. The van der Waals surface area contributed by atoms with Gasteiger partial charge in [-0.05, 0) is 30.3 Å². The molecule has 1 N–H and O–H groups in total. The van der Waals surface area contributed by atoms with Gasteiger partial charge < -0.3 is 5.32 Å². The van der Waals surface area contributed by atoms with Crippen molar-refractivity contribution in [3.05, 3.63) is 52.8 Å². The van der Waals surface area contributed by atoms with E-state index in [9.17, 15) is 0 Å². The van der Waals surface area contributed by atoms with Crippen molar-refractivity contribution in [3.63, 3.8) is 0 Å². The van der Waals surface area contributed by atoms with Crippen LogP contribution in [0.1, 0.15) is 5.69 Å². The lowest BCUT2D eigenvalue weighted by Gasteiger charge is -2.00. The summed E-state index contributed by atoms with van der Waals surface area (Å²) in [5.74, 6) is 0. The minimum atomic E-state index is 0.696. The predicted molar refractivity (Wildman–Crippen MR) is 78.9 cm³/mol. The molecule has 18 heavy (non-hydrogen) atoms. The van der Waals surface area contributed by atoms with Crippen LogP contribution in [0.5, 0.6) is 0 Å². The lowest BCUT2D eigenvalue weighted by atomic mass is 10.3. The smallest absolute Gasteiger partial charge is 0.184 e. The minimum Gasteiger partial charge on any atom is -0.356 e. The lowest BCUT2D eigenvalue weighted by Crippen LogP contribution is -2.00. The van der Waals surface area contributed by atoms with Gasteiger partial charge in [-0.15, -0.1) is 0 Å². The molecule has 3 aromatic rings. The number of aromatic nitrogens is 2. The second-order valence-electron chi connectivity index (χ2n) is 3.81. The number of nitrogens with zero attached hydrogens (tertiary/aromatic N) is 2. The number of thiazole rings is 1. The zero-order valence-electron chi connectivity index (χ0n) is 9.43. The average Bonchev–Trinajstić information content (AvgIpc) is 2.79. The van der Waals surface area contributed by atoms with Crippen LogP contribution in [0.15, 0.2) is 47.1 Å². The van der Waals surface area contributed by atoms with Crippen LogP contribution in [-0.2, 0) is 6.54 Å². The van der Waals surface area contributed by atoms with E-state index in [1.54, 1.807) is 17.5 Å². The van der Waals surface area contributed by atoms with Gasteiger partial charge in [0.1, 0.15) is 0 Å². The molecule has 3 rings (SSSR count). The van der Waals surface area contributed by atoms with Crippen molar-refractivity contribution >= 4 is 42.6 Å². The molecule has 0 spiro atoms. The zero-order valence-corrected chi connectivity index (χ0v) is 11.8. The summed E-state index contributed by atoms with van der Waals surface area (Å²) in [5, 5.41) is 4.22. The van der Waals surface area contributed by atoms with Crippen LogP contribution in [0.2, 0.25) is 0 Å². The summed E-state index contributed by atoms with van der Waals surface area (Å²) >= 11 is 5.12. The van der Waals surface area contributed by atoms with Gasteiger partial charge in [-0.3, -0.25) is 4.98 Å². The second-order valence-corrected chi connectivity index (χ2v) is 5.75. The van der Waals surface area contributed by atoms with Gasteiger partial charge in [0.25, 0.3) is 0 Å². The Kier molecular flexibility index (Phi) is 3.25. The Hall–Kier alpha value is -1.46. The molecule has 1 aromatic carbocycles. The van der Waals surface area contributed by atoms with Crippen molar-refractivity contribution in [2.24, 2.45) is 0 Å². The number of halogens is 1. The van der Waals surface area contributed by atoms with Gasteiger partial charge in [-0.1, -0.05) is 33.3 Å². The molecular weight excluding hydrogens is 310 g/mol. The van der Waals surface area contributed by atoms with E-state index >= 15 is 0 Å². The third-order valence-corrected chi connectivity index (χ3v) is 3.97. The number of hydrogen-bond donors (Lipinski definition) is 1. The summed E-state index contributed by atoms with van der Waals surface area (Å²) in [4.78, 5) is 8.80. The van der Waals surface area contributed by atoms with Crippen molar-refractivity contribution in [3.8, 4) is 0 Å². The topological polar surface area (TPSA) is 37.8 Å². The van der Waals surface area contributed by atoms with Gasteiger partial charge in [0.2, 0.25) is 0 Å². The van der Waals surface area contributed by atoms with E-state index in [0.717, 1.165) is 20.8 Å². The Morgan fingerprint density at radius 1 is 1.22 bits per heavy atom. The lowest BCUT2D eigenvalue weighted by molar-refractivity contribution is 1.04. The first kappa shape index (κ1) is 11.6. The van der Waals surface area contributed by atoms with Gasteiger partial charge in [0, 0.05) is 10.7 Å². The molecule has 90 valence electrons. The van der Waals surface area contributed by atoms with Crippen LogP contribution in [0.25, 0.3) is 10.2 Å². The van der Waals surface area contributed by atoms with Gasteiger partial charge in [0.15, 0.2) is 5.13 Å². The van der Waals surface area contributed by atoms with E-state index in [1.807, 2.05) is 30.3 Å². The summed E-state index contributed by atoms with van der Waals surface area (Å²) in [6, 6.07) is 12.0. The summed E-state index contributed by atoms with van der Waals surface area (Å²) in [7, 11) is 0. The molecule has 0 atom stereocenters. The standard InChI is InChI=1S/C13H10BrN3S/c14-9-4-5-11-12(7-9)18-13(17-11)16-8-10-3-1-2-6-15-10/h1-7H,8H2,(H,16,17). The summed E-state index contributed by atoms with van der Waals surface area (Å²) in [5.41, 5.74) is 2.03. The van der Waals surface area contributed by atoms with Gasteiger partial charge >= 0.3 is 0 Å². The molecule has 2 aromatic heterocycles. The van der Waals surface area contributed by atoms with Gasteiger partial charge in [-0.25, -0.2) is 4.98 Å². The maximum Gasteiger partial charge on any atom is 0.184 e.